The number of thiazole rings is 1. The first-order valence-corrected chi connectivity index (χ1v) is 7.88. The molecule has 2 aromatic rings. The Kier molecular flexibility index (Phi) is 3.94. The molecular weight excluding hydrogens is 300 g/mol. The maximum absolute atomic E-state index is 12.2. The van der Waals surface area contributed by atoms with E-state index in [1.165, 1.54) is 18.4 Å². The number of benzene rings is 1. The van der Waals surface area contributed by atoms with Gasteiger partial charge in [-0.1, -0.05) is 12.1 Å². The first-order chi connectivity index (χ1) is 10.6. The maximum atomic E-state index is 12.2. The van der Waals surface area contributed by atoms with Crippen molar-refractivity contribution >= 4 is 28.9 Å². The van der Waals surface area contributed by atoms with Gasteiger partial charge in [0.1, 0.15) is 10.9 Å². The average Bonchev–Trinajstić information content (AvgIpc) is 3.16. The van der Waals surface area contributed by atoms with Crippen molar-refractivity contribution in [1.82, 2.24) is 4.98 Å². The van der Waals surface area contributed by atoms with Crippen LogP contribution in [0.1, 0.15) is 29.0 Å². The minimum absolute atomic E-state index is 0.0379. The van der Waals surface area contributed by atoms with Crippen molar-refractivity contribution in [2.24, 2.45) is 0 Å². The van der Waals surface area contributed by atoms with Crippen molar-refractivity contribution in [2.75, 3.05) is 18.6 Å². The lowest BCUT2D eigenvalue weighted by atomic mass is 9.97. The van der Waals surface area contributed by atoms with Crippen LogP contribution in [-0.4, -0.2) is 30.5 Å². The van der Waals surface area contributed by atoms with Crippen LogP contribution in [0.5, 0.6) is 0 Å². The second-order valence-electron chi connectivity index (χ2n) is 5.14. The number of amides is 1. The fourth-order valence-electron chi connectivity index (χ4n) is 2.80. The van der Waals surface area contributed by atoms with E-state index in [2.05, 4.69) is 4.98 Å². The molecule has 1 aliphatic heterocycles. The lowest BCUT2D eigenvalue weighted by Gasteiger charge is -2.17. The van der Waals surface area contributed by atoms with Gasteiger partial charge in [-0.2, -0.15) is 0 Å². The Morgan fingerprint density at radius 1 is 1.41 bits per heavy atom. The summed E-state index contributed by atoms with van der Waals surface area (Å²) in [4.78, 5) is 29.8. The number of aromatic nitrogens is 1. The van der Waals surface area contributed by atoms with Gasteiger partial charge in [-0.3, -0.25) is 9.59 Å². The van der Waals surface area contributed by atoms with Gasteiger partial charge in [-0.25, -0.2) is 4.98 Å². The molecule has 0 spiro atoms. The molecule has 0 N–H and O–H groups in total. The molecule has 1 amide bonds. The van der Waals surface area contributed by atoms with Crippen molar-refractivity contribution < 1.29 is 14.3 Å². The number of carbonyl (C=O) groups excluding carboxylic acids is 2. The second kappa shape index (κ2) is 5.88. The minimum atomic E-state index is -0.512. The Bertz CT molecular complexity index is 712. The zero-order valence-corrected chi connectivity index (χ0v) is 13.2. The highest BCUT2D eigenvalue weighted by molar-refractivity contribution is 7.09. The van der Waals surface area contributed by atoms with Crippen LogP contribution in [-0.2, 0) is 20.7 Å². The van der Waals surface area contributed by atoms with E-state index < -0.39 is 5.92 Å². The first kappa shape index (κ1) is 14.7. The average molecular weight is 316 g/mol. The van der Waals surface area contributed by atoms with Crippen LogP contribution in [0.4, 0.5) is 5.69 Å². The Hall–Kier alpha value is -2.21. The van der Waals surface area contributed by atoms with Crippen molar-refractivity contribution in [3.8, 4) is 0 Å². The third-order valence-electron chi connectivity index (χ3n) is 3.85. The Balaban J connectivity index is 2.00. The molecule has 114 valence electrons. The Morgan fingerprint density at radius 2 is 2.23 bits per heavy atom. The van der Waals surface area contributed by atoms with Crippen LogP contribution in [0.3, 0.4) is 0 Å². The van der Waals surface area contributed by atoms with E-state index in [9.17, 15) is 9.59 Å². The molecule has 6 heteroatoms. The number of nitrogens with zero attached hydrogens (tertiary/aromatic N) is 2. The third kappa shape index (κ3) is 2.50. The van der Waals surface area contributed by atoms with Crippen LogP contribution < -0.4 is 4.90 Å². The molecule has 22 heavy (non-hydrogen) atoms. The van der Waals surface area contributed by atoms with E-state index >= 15 is 0 Å². The molecule has 0 radical (unpaired) electrons. The van der Waals surface area contributed by atoms with E-state index in [4.69, 9.17) is 4.74 Å². The Morgan fingerprint density at radius 3 is 2.86 bits per heavy atom. The van der Waals surface area contributed by atoms with Crippen LogP contribution in [0.25, 0.3) is 0 Å². The normalized spacial score (nSPS) is 14.5. The van der Waals surface area contributed by atoms with Crippen molar-refractivity contribution in [1.29, 1.82) is 0 Å². The van der Waals surface area contributed by atoms with E-state index in [1.54, 1.807) is 18.0 Å². The summed E-state index contributed by atoms with van der Waals surface area (Å²) in [6, 6.07) is 5.77. The van der Waals surface area contributed by atoms with Crippen LogP contribution >= 0.6 is 11.3 Å². The second-order valence-corrected chi connectivity index (χ2v) is 6.06. The molecule has 1 aromatic carbocycles. The third-order valence-corrected chi connectivity index (χ3v) is 4.69. The van der Waals surface area contributed by atoms with Gasteiger partial charge < -0.3 is 9.64 Å². The molecule has 3 rings (SSSR count). The van der Waals surface area contributed by atoms with Gasteiger partial charge in [-0.05, 0) is 23.6 Å². The summed E-state index contributed by atoms with van der Waals surface area (Å²) in [6.07, 6.45) is 2.48. The van der Waals surface area contributed by atoms with Crippen LogP contribution in [0.2, 0.25) is 0 Å². The van der Waals surface area contributed by atoms with Gasteiger partial charge in [0.25, 0.3) is 0 Å². The summed E-state index contributed by atoms with van der Waals surface area (Å²) in [5, 5.41) is 2.56. The van der Waals surface area contributed by atoms with E-state index in [1.807, 2.05) is 23.6 Å². The minimum Gasteiger partial charge on any atom is -0.468 e. The fraction of sp³-hybridized carbons (Fsp3) is 0.312. The highest BCUT2D eigenvalue weighted by Gasteiger charge is 2.29. The Labute approximate surface area is 132 Å². The zero-order valence-electron chi connectivity index (χ0n) is 12.4. The number of methoxy groups -OCH3 is 1. The van der Waals surface area contributed by atoms with Crippen molar-refractivity contribution in [3.63, 3.8) is 0 Å². The summed E-state index contributed by atoms with van der Waals surface area (Å²) in [6.45, 7) is 2.25. The van der Waals surface area contributed by atoms with Gasteiger partial charge in [0, 0.05) is 30.7 Å². The standard InChI is InChI=1S/C16H16N2O3S/c1-10(19)18-7-5-11-9-12(3-4-13(11)18)14(16(20)21-2)15-17-6-8-22-15/h3-4,6,8-9,14H,5,7H2,1-2H3. The first-order valence-electron chi connectivity index (χ1n) is 7.00. The lowest BCUT2D eigenvalue weighted by molar-refractivity contribution is -0.141. The molecular formula is C16H16N2O3S. The van der Waals surface area contributed by atoms with Crippen LogP contribution in [0, 0.1) is 0 Å². The number of carbonyl (C=O) groups is 2. The van der Waals surface area contributed by atoms with Gasteiger partial charge in [-0.15, -0.1) is 11.3 Å². The van der Waals surface area contributed by atoms with Crippen molar-refractivity contribution in [3.05, 3.63) is 45.9 Å². The van der Waals surface area contributed by atoms with Crippen LogP contribution in [0.15, 0.2) is 29.8 Å². The van der Waals surface area contributed by atoms with Gasteiger partial charge in [0.15, 0.2) is 0 Å². The van der Waals surface area contributed by atoms with Gasteiger partial charge in [0.2, 0.25) is 5.91 Å². The smallest absolute Gasteiger partial charge is 0.320 e. The highest BCUT2D eigenvalue weighted by atomic mass is 32.1. The summed E-state index contributed by atoms with van der Waals surface area (Å²) in [5.41, 5.74) is 2.86. The molecule has 0 saturated heterocycles. The molecule has 0 saturated carbocycles. The fourth-order valence-corrected chi connectivity index (χ4v) is 3.55. The number of ether oxygens (including phenoxy) is 1. The molecule has 0 aliphatic carbocycles. The number of anilines is 1. The summed E-state index contributed by atoms with van der Waals surface area (Å²) in [5.74, 6) is -0.797. The number of hydrogen-bond acceptors (Lipinski definition) is 5. The number of rotatable bonds is 3. The zero-order chi connectivity index (χ0) is 15.7. The molecule has 5 nitrogen and oxygen atoms in total. The van der Waals surface area contributed by atoms with Gasteiger partial charge >= 0.3 is 5.97 Å². The number of hydrogen-bond donors (Lipinski definition) is 0. The molecule has 1 atom stereocenters. The SMILES string of the molecule is COC(=O)C(c1ccc2c(c1)CCN2C(C)=O)c1nccs1. The molecule has 0 bridgehead atoms. The molecule has 1 aromatic heterocycles. The summed E-state index contributed by atoms with van der Waals surface area (Å²) >= 11 is 1.43. The predicted molar refractivity (Wildman–Crippen MR) is 84.1 cm³/mol. The summed E-state index contributed by atoms with van der Waals surface area (Å²) < 4.78 is 4.93. The lowest BCUT2D eigenvalue weighted by Crippen LogP contribution is -2.25. The molecule has 0 fully saturated rings. The largest absolute Gasteiger partial charge is 0.468 e. The molecule has 1 aliphatic rings. The maximum Gasteiger partial charge on any atom is 0.320 e. The molecule has 2 heterocycles. The predicted octanol–water partition coefficient (Wildman–Crippen LogP) is 2.36. The highest BCUT2D eigenvalue weighted by Crippen LogP contribution is 2.34. The van der Waals surface area contributed by atoms with E-state index in [-0.39, 0.29) is 11.9 Å². The quantitative estimate of drug-likeness (QED) is 0.816. The number of esters is 1. The van der Waals surface area contributed by atoms with Gasteiger partial charge in [0.05, 0.1) is 7.11 Å². The monoisotopic (exact) mass is 316 g/mol. The van der Waals surface area contributed by atoms with Crippen molar-refractivity contribution in [2.45, 2.75) is 19.3 Å². The topological polar surface area (TPSA) is 59.5 Å². The molecule has 1 unspecified atom stereocenters. The number of fused-ring (bicyclic) bond motifs is 1. The van der Waals surface area contributed by atoms with E-state index in [0.29, 0.717) is 11.6 Å². The summed E-state index contributed by atoms with van der Waals surface area (Å²) in [7, 11) is 1.38. The van der Waals surface area contributed by atoms with E-state index in [0.717, 1.165) is 23.2 Å².